The van der Waals surface area contributed by atoms with Crippen LogP contribution < -0.4 is 0 Å². The van der Waals surface area contributed by atoms with Gasteiger partial charge in [-0.1, -0.05) is 6.92 Å². The molecule has 6 heteroatoms. The molecule has 0 aromatic heterocycles. The van der Waals surface area contributed by atoms with Gasteiger partial charge in [0.2, 0.25) is 5.91 Å². The third kappa shape index (κ3) is 2.76. The van der Waals surface area contributed by atoms with Gasteiger partial charge < -0.3 is 9.84 Å². The van der Waals surface area contributed by atoms with Crippen LogP contribution in [0.5, 0.6) is 0 Å². The third-order valence-corrected chi connectivity index (χ3v) is 3.36. The van der Waals surface area contributed by atoms with Crippen molar-refractivity contribution in [2.45, 2.75) is 19.4 Å². The number of hydrogen-bond donors (Lipinski definition) is 1. The van der Waals surface area contributed by atoms with Crippen LogP contribution in [0.1, 0.15) is 13.3 Å². The Kier molecular flexibility index (Phi) is 3.63. The molecule has 0 bridgehead atoms. The fourth-order valence-electron chi connectivity index (χ4n) is 2.26. The molecular formula is C11H18N2O4. The quantitative estimate of drug-likeness (QED) is 0.718. The van der Waals surface area contributed by atoms with Gasteiger partial charge in [0.25, 0.3) is 0 Å². The van der Waals surface area contributed by atoms with Gasteiger partial charge in [-0.2, -0.15) is 0 Å². The summed E-state index contributed by atoms with van der Waals surface area (Å²) in [4.78, 5) is 26.2. The van der Waals surface area contributed by atoms with Crippen LogP contribution in [-0.2, 0) is 9.53 Å². The molecule has 0 aromatic carbocycles. The number of amides is 2. The number of cyclic esters (lactones) is 1. The van der Waals surface area contributed by atoms with Gasteiger partial charge in [0.1, 0.15) is 6.61 Å². The first-order valence-corrected chi connectivity index (χ1v) is 5.95. The molecule has 1 N–H and O–H groups in total. The molecule has 2 saturated heterocycles. The van der Waals surface area contributed by atoms with Crippen molar-refractivity contribution in [3.8, 4) is 0 Å². The van der Waals surface area contributed by atoms with Crippen LogP contribution in [-0.4, -0.2) is 65.8 Å². The molecule has 2 rings (SSSR count). The van der Waals surface area contributed by atoms with Crippen LogP contribution in [0.4, 0.5) is 4.79 Å². The van der Waals surface area contributed by atoms with Gasteiger partial charge in [-0.3, -0.25) is 9.69 Å². The molecule has 96 valence electrons. The highest BCUT2D eigenvalue weighted by molar-refractivity contribution is 5.94. The summed E-state index contributed by atoms with van der Waals surface area (Å²) in [6, 6.07) is 0. The Morgan fingerprint density at radius 3 is 2.88 bits per heavy atom. The number of aliphatic hydroxyl groups excluding tert-OH is 1. The lowest BCUT2D eigenvalue weighted by atomic mass is 9.97. The van der Waals surface area contributed by atoms with Crippen LogP contribution in [0.2, 0.25) is 0 Å². The van der Waals surface area contributed by atoms with Crippen molar-refractivity contribution < 1.29 is 19.4 Å². The lowest BCUT2D eigenvalue weighted by molar-refractivity contribution is -0.129. The molecule has 6 nitrogen and oxygen atoms in total. The number of likely N-dealkylation sites (tertiary alicyclic amines) is 1. The monoisotopic (exact) mass is 242 g/mol. The van der Waals surface area contributed by atoms with Crippen molar-refractivity contribution in [1.82, 2.24) is 9.80 Å². The number of nitrogens with zero attached hydrogens (tertiary/aromatic N) is 2. The van der Waals surface area contributed by atoms with E-state index in [2.05, 4.69) is 0 Å². The first kappa shape index (κ1) is 12.3. The summed E-state index contributed by atoms with van der Waals surface area (Å²) in [5.74, 6) is -0.0434. The molecule has 0 saturated carbocycles. The van der Waals surface area contributed by atoms with Gasteiger partial charge in [-0.05, 0) is 12.3 Å². The van der Waals surface area contributed by atoms with Crippen molar-refractivity contribution in [1.29, 1.82) is 0 Å². The van der Waals surface area contributed by atoms with Gasteiger partial charge in [-0.25, -0.2) is 9.69 Å². The predicted molar refractivity (Wildman–Crippen MR) is 59.3 cm³/mol. The smallest absolute Gasteiger partial charge is 0.416 e. The molecule has 2 aliphatic rings. The molecule has 0 aromatic rings. The van der Waals surface area contributed by atoms with E-state index in [1.807, 2.05) is 11.8 Å². The SMILES string of the molecule is CC1CN(CC(=O)N2CCOC2=O)CCC1O. The summed E-state index contributed by atoms with van der Waals surface area (Å²) in [5, 5.41) is 9.59. The second-order valence-corrected chi connectivity index (χ2v) is 4.73. The second kappa shape index (κ2) is 5.01. The van der Waals surface area contributed by atoms with Gasteiger partial charge in [0.05, 0.1) is 19.2 Å². The topological polar surface area (TPSA) is 70.1 Å². The highest BCUT2D eigenvalue weighted by atomic mass is 16.6. The molecular weight excluding hydrogens is 224 g/mol. The Labute approximate surface area is 100 Å². The van der Waals surface area contributed by atoms with E-state index in [-0.39, 0.29) is 24.5 Å². The van der Waals surface area contributed by atoms with Crippen molar-refractivity contribution >= 4 is 12.0 Å². The Balaban J connectivity index is 1.84. The predicted octanol–water partition coefficient (Wildman–Crippen LogP) is -0.332. The molecule has 2 heterocycles. The Morgan fingerprint density at radius 2 is 2.29 bits per heavy atom. The molecule has 2 amide bonds. The van der Waals surface area contributed by atoms with Crippen LogP contribution in [0, 0.1) is 5.92 Å². The fourth-order valence-corrected chi connectivity index (χ4v) is 2.26. The number of rotatable bonds is 2. The summed E-state index contributed by atoms with van der Waals surface area (Å²) in [6.07, 6.45) is -0.142. The van der Waals surface area contributed by atoms with Crippen LogP contribution in [0.3, 0.4) is 0 Å². The highest BCUT2D eigenvalue weighted by Gasteiger charge is 2.31. The summed E-state index contributed by atoms with van der Waals surface area (Å²) in [7, 11) is 0. The van der Waals surface area contributed by atoms with E-state index in [1.54, 1.807) is 0 Å². The van der Waals surface area contributed by atoms with Crippen molar-refractivity contribution in [2.24, 2.45) is 5.92 Å². The lowest BCUT2D eigenvalue weighted by Gasteiger charge is -2.34. The average molecular weight is 242 g/mol. The first-order chi connectivity index (χ1) is 8.08. The maximum atomic E-state index is 11.8. The second-order valence-electron chi connectivity index (χ2n) is 4.73. The Bertz CT molecular complexity index is 321. The first-order valence-electron chi connectivity index (χ1n) is 5.95. The maximum Gasteiger partial charge on any atom is 0.416 e. The minimum atomic E-state index is -0.542. The third-order valence-electron chi connectivity index (χ3n) is 3.36. The summed E-state index contributed by atoms with van der Waals surface area (Å²) in [6.45, 7) is 4.22. The van der Waals surface area contributed by atoms with Gasteiger partial charge in [-0.15, -0.1) is 0 Å². The van der Waals surface area contributed by atoms with Crippen LogP contribution in [0.15, 0.2) is 0 Å². The summed E-state index contributed by atoms with van der Waals surface area (Å²) >= 11 is 0. The van der Waals surface area contributed by atoms with Gasteiger partial charge >= 0.3 is 6.09 Å². The lowest BCUT2D eigenvalue weighted by Crippen LogP contribution is -2.47. The van der Waals surface area contributed by atoms with Crippen molar-refractivity contribution in [2.75, 3.05) is 32.8 Å². The van der Waals surface area contributed by atoms with E-state index in [4.69, 9.17) is 4.74 Å². The standard InChI is InChI=1S/C11H18N2O4/c1-8-6-12(3-2-9(8)14)7-10(15)13-4-5-17-11(13)16/h8-9,14H,2-7H2,1H3. The summed E-state index contributed by atoms with van der Waals surface area (Å²) < 4.78 is 4.72. The van der Waals surface area contributed by atoms with Gasteiger partial charge in [0, 0.05) is 13.1 Å². The number of aliphatic hydroxyl groups is 1. The average Bonchev–Trinajstić information content (AvgIpc) is 2.70. The molecule has 0 aliphatic carbocycles. The molecule has 0 spiro atoms. The van der Waals surface area contributed by atoms with E-state index in [0.717, 1.165) is 4.90 Å². The molecule has 2 atom stereocenters. The Hall–Kier alpha value is -1.14. The van der Waals surface area contributed by atoms with E-state index < -0.39 is 6.09 Å². The molecule has 17 heavy (non-hydrogen) atoms. The van der Waals surface area contributed by atoms with E-state index in [9.17, 15) is 14.7 Å². The van der Waals surface area contributed by atoms with E-state index in [1.165, 1.54) is 0 Å². The number of ether oxygens (including phenoxy) is 1. The largest absolute Gasteiger partial charge is 0.447 e. The zero-order chi connectivity index (χ0) is 12.4. The minimum Gasteiger partial charge on any atom is -0.447 e. The highest BCUT2D eigenvalue weighted by Crippen LogP contribution is 2.16. The van der Waals surface area contributed by atoms with Gasteiger partial charge in [0.15, 0.2) is 0 Å². The minimum absolute atomic E-state index is 0.169. The van der Waals surface area contributed by atoms with Crippen LogP contribution >= 0.6 is 0 Å². The number of carbonyl (C=O) groups is 2. The van der Waals surface area contributed by atoms with Crippen LogP contribution in [0.25, 0.3) is 0 Å². The number of piperidine rings is 1. The normalized spacial score (nSPS) is 30.5. The van der Waals surface area contributed by atoms with Crippen molar-refractivity contribution in [3.63, 3.8) is 0 Å². The molecule has 2 aliphatic heterocycles. The maximum absolute atomic E-state index is 11.8. The number of imide groups is 1. The zero-order valence-electron chi connectivity index (χ0n) is 9.96. The number of hydrogen-bond acceptors (Lipinski definition) is 5. The molecule has 2 unspecified atom stereocenters. The zero-order valence-corrected chi connectivity index (χ0v) is 9.96. The van der Waals surface area contributed by atoms with E-state index >= 15 is 0 Å². The summed E-state index contributed by atoms with van der Waals surface area (Å²) in [5.41, 5.74) is 0. The fraction of sp³-hybridized carbons (Fsp3) is 0.818. The number of carbonyl (C=O) groups excluding carboxylic acids is 2. The molecule has 0 radical (unpaired) electrons. The van der Waals surface area contributed by atoms with E-state index in [0.29, 0.717) is 32.7 Å². The van der Waals surface area contributed by atoms with Crippen molar-refractivity contribution in [3.05, 3.63) is 0 Å². The Morgan fingerprint density at radius 1 is 1.53 bits per heavy atom. The molecule has 2 fully saturated rings.